The van der Waals surface area contributed by atoms with E-state index in [1.807, 2.05) is 30.3 Å². The molecule has 0 radical (unpaired) electrons. The van der Waals surface area contributed by atoms with Crippen molar-refractivity contribution in [3.05, 3.63) is 52.0 Å². The molecule has 2 aromatic rings. The first-order valence-corrected chi connectivity index (χ1v) is 10.3. The van der Waals surface area contributed by atoms with E-state index in [1.54, 1.807) is 21.3 Å². The zero-order valence-electron chi connectivity index (χ0n) is 16.9. The Morgan fingerprint density at radius 1 is 1.07 bits per heavy atom. The lowest BCUT2D eigenvalue weighted by Gasteiger charge is -2.37. The van der Waals surface area contributed by atoms with Gasteiger partial charge < -0.3 is 19.3 Å². The number of rotatable bonds is 7. The summed E-state index contributed by atoms with van der Waals surface area (Å²) < 4.78 is 17.3. The van der Waals surface area contributed by atoms with Crippen LogP contribution in [0.25, 0.3) is 0 Å². The molecule has 1 aliphatic rings. The highest BCUT2D eigenvalue weighted by atomic mass is 79.9. The van der Waals surface area contributed by atoms with Gasteiger partial charge in [0, 0.05) is 4.47 Å². The Morgan fingerprint density at radius 3 is 2.31 bits per heavy atom. The number of piperidine rings is 1. The van der Waals surface area contributed by atoms with Crippen LogP contribution in [0.3, 0.4) is 0 Å². The number of ether oxygens (including phenoxy) is 3. The molecule has 1 N–H and O–H groups in total. The maximum Gasteiger partial charge on any atom is 0.306 e. The van der Waals surface area contributed by atoms with Gasteiger partial charge in [-0.15, -0.1) is 0 Å². The first-order chi connectivity index (χ1) is 14.0. The molecule has 29 heavy (non-hydrogen) atoms. The average Bonchev–Trinajstić information content (AvgIpc) is 2.75. The van der Waals surface area contributed by atoms with Gasteiger partial charge in [0.1, 0.15) is 5.75 Å². The van der Waals surface area contributed by atoms with Crippen molar-refractivity contribution in [2.45, 2.75) is 18.9 Å². The molecule has 156 valence electrons. The third-order valence-electron chi connectivity index (χ3n) is 5.45. The molecule has 0 saturated carbocycles. The third kappa shape index (κ3) is 4.67. The van der Waals surface area contributed by atoms with Gasteiger partial charge in [0.15, 0.2) is 11.5 Å². The molecule has 0 bridgehead atoms. The van der Waals surface area contributed by atoms with E-state index in [1.165, 1.54) is 0 Å². The molecule has 0 spiro atoms. The summed E-state index contributed by atoms with van der Waals surface area (Å²) in [7, 11) is 4.88. The Hall–Kier alpha value is -2.25. The van der Waals surface area contributed by atoms with E-state index in [2.05, 4.69) is 26.9 Å². The zero-order valence-corrected chi connectivity index (χ0v) is 18.4. The van der Waals surface area contributed by atoms with E-state index >= 15 is 0 Å². The van der Waals surface area contributed by atoms with Crippen molar-refractivity contribution in [1.82, 2.24) is 4.90 Å². The Labute approximate surface area is 179 Å². The Kier molecular flexibility index (Phi) is 7.03. The summed E-state index contributed by atoms with van der Waals surface area (Å²) in [6.07, 6.45) is 1.25. The maximum absolute atomic E-state index is 11.4. The van der Waals surface area contributed by atoms with Crippen LogP contribution in [-0.4, -0.2) is 50.4 Å². The summed E-state index contributed by atoms with van der Waals surface area (Å²) in [6, 6.07) is 11.8. The molecule has 7 heteroatoms. The van der Waals surface area contributed by atoms with Crippen LogP contribution in [0.5, 0.6) is 17.2 Å². The van der Waals surface area contributed by atoms with Crippen molar-refractivity contribution < 1.29 is 24.1 Å². The van der Waals surface area contributed by atoms with Gasteiger partial charge in [-0.1, -0.05) is 28.1 Å². The number of carbonyl (C=O) groups is 1. The fourth-order valence-corrected chi connectivity index (χ4v) is 4.42. The SMILES string of the molecule is COc1cccc(C(c2cc(OC)c(OC)cc2Br)N2CCC(C(=O)O)CC2)c1. The van der Waals surface area contributed by atoms with Gasteiger partial charge in [-0.2, -0.15) is 0 Å². The van der Waals surface area contributed by atoms with Gasteiger partial charge in [0.25, 0.3) is 0 Å². The van der Waals surface area contributed by atoms with E-state index in [-0.39, 0.29) is 12.0 Å². The van der Waals surface area contributed by atoms with Gasteiger partial charge in [-0.3, -0.25) is 9.69 Å². The first kappa shape index (κ1) is 21.5. The topological polar surface area (TPSA) is 68.2 Å². The van der Waals surface area contributed by atoms with Crippen LogP contribution in [0.4, 0.5) is 0 Å². The second-order valence-electron chi connectivity index (χ2n) is 7.06. The summed E-state index contributed by atoms with van der Waals surface area (Å²) in [5.74, 6) is 1.08. The molecule has 1 heterocycles. The van der Waals surface area contributed by atoms with Gasteiger partial charge >= 0.3 is 5.97 Å². The van der Waals surface area contributed by atoms with Gasteiger partial charge in [0.05, 0.1) is 33.3 Å². The van der Waals surface area contributed by atoms with Crippen LogP contribution in [0.2, 0.25) is 0 Å². The summed E-state index contributed by atoms with van der Waals surface area (Å²) in [4.78, 5) is 13.7. The molecular weight excluding hydrogens is 438 g/mol. The number of hydrogen-bond donors (Lipinski definition) is 1. The summed E-state index contributed by atoms with van der Waals surface area (Å²) >= 11 is 3.70. The van der Waals surface area contributed by atoms with Crippen LogP contribution in [0, 0.1) is 5.92 Å². The lowest BCUT2D eigenvalue weighted by Crippen LogP contribution is -2.39. The molecule has 1 unspecified atom stereocenters. The van der Waals surface area contributed by atoms with Crippen molar-refractivity contribution >= 4 is 21.9 Å². The number of methoxy groups -OCH3 is 3. The highest BCUT2D eigenvalue weighted by Crippen LogP contribution is 2.42. The zero-order chi connectivity index (χ0) is 21.0. The summed E-state index contributed by atoms with van der Waals surface area (Å²) in [5.41, 5.74) is 2.11. The Morgan fingerprint density at radius 2 is 1.72 bits per heavy atom. The largest absolute Gasteiger partial charge is 0.497 e. The molecule has 1 saturated heterocycles. The van der Waals surface area contributed by atoms with Crippen molar-refractivity contribution in [3.63, 3.8) is 0 Å². The van der Waals surface area contributed by atoms with E-state index in [9.17, 15) is 9.90 Å². The van der Waals surface area contributed by atoms with Crippen LogP contribution in [0.15, 0.2) is 40.9 Å². The summed E-state index contributed by atoms with van der Waals surface area (Å²) in [6.45, 7) is 1.39. The lowest BCUT2D eigenvalue weighted by atomic mass is 9.91. The second-order valence-corrected chi connectivity index (χ2v) is 7.91. The highest BCUT2D eigenvalue weighted by molar-refractivity contribution is 9.10. The number of benzene rings is 2. The van der Waals surface area contributed by atoms with E-state index < -0.39 is 5.97 Å². The van der Waals surface area contributed by atoms with E-state index in [0.29, 0.717) is 37.4 Å². The number of carboxylic acid groups (broad SMARTS) is 1. The number of aliphatic carboxylic acids is 1. The second kappa shape index (κ2) is 9.50. The Bertz CT molecular complexity index is 864. The first-order valence-electron chi connectivity index (χ1n) is 9.50. The predicted molar refractivity (Wildman–Crippen MR) is 114 cm³/mol. The molecule has 1 aliphatic heterocycles. The summed E-state index contributed by atoms with van der Waals surface area (Å²) in [5, 5.41) is 9.36. The van der Waals surface area contributed by atoms with Gasteiger partial charge in [0.2, 0.25) is 0 Å². The number of nitrogens with zero attached hydrogens (tertiary/aromatic N) is 1. The van der Waals surface area contributed by atoms with Crippen molar-refractivity contribution in [1.29, 1.82) is 0 Å². The van der Waals surface area contributed by atoms with Crippen LogP contribution < -0.4 is 14.2 Å². The smallest absolute Gasteiger partial charge is 0.306 e. The van der Waals surface area contributed by atoms with Crippen LogP contribution in [0.1, 0.15) is 30.0 Å². The Balaban J connectivity index is 2.05. The number of likely N-dealkylation sites (tertiary alicyclic amines) is 1. The lowest BCUT2D eigenvalue weighted by molar-refractivity contribution is -0.143. The van der Waals surface area contributed by atoms with Gasteiger partial charge in [-0.05, 0) is 61.3 Å². The molecule has 1 fully saturated rings. The standard InChI is InChI=1S/C22H26BrNO5/c1-27-16-6-4-5-15(11-16)21(24-9-7-14(8-10-24)22(25)26)17-12-19(28-2)20(29-3)13-18(17)23/h4-6,11-14,21H,7-10H2,1-3H3,(H,25,26). The number of carboxylic acids is 1. The quantitative estimate of drug-likeness (QED) is 0.657. The van der Waals surface area contributed by atoms with E-state index in [0.717, 1.165) is 21.3 Å². The number of halogens is 1. The molecule has 1 atom stereocenters. The van der Waals surface area contributed by atoms with Crippen LogP contribution in [-0.2, 0) is 4.79 Å². The fraction of sp³-hybridized carbons (Fsp3) is 0.409. The molecule has 2 aromatic carbocycles. The normalized spacial score (nSPS) is 16.3. The van der Waals surface area contributed by atoms with Gasteiger partial charge in [-0.25, -0.2) is 0 Å². The fourth-order valence-electron chi connectivity index (χ4n) is 3.88. The van der Waals surface area contributed by atoms with E-state index in [4.69, 9.17) is 14.2 Å². The molecule has 0 amide bonds. The third-order valence-corrected chi connectivity index (χ3v) is 6.14. The molecule has 3 rings (SSSR count). The number of hydrogen-bond acceptors (Lipinski definition) is 5. The van der Waals surface area contributed by atoms with Crippen molar-refractivity contribution in [2.75, 3.05) is 34.4 Å². The molecule has 0 aliphatic carbocycles. The molecular formula is C22H26BrNO5. The van der Waals surface area contributed by atoms with Crippen molar-refractivity contribution in [3.8, 4) is 17.2 Å². The van der Waals surface area contributed by atoms with Crippen LogP contribution >= 0.6 is 15.9 Å². The minimum atomic E-state index is -0.713. The molecule has 0 aromatic heterocycles. The average molecular weight is 464 g/mol. The minimum Gasteiger partial charge on any atom is -0.497 e. The minimum absolute atomic E-state index is 0.0750. The van der Waals surface area contributed by atoms with Crippen molar-refractivity contribution in [2.24, 2.45) is 5.92 Å². The monoisotopic (exact) mass is 463 g/mol. The predicted octanol–water partition coefficient (Wildman–Crippen LogP) is 4.36. The molecule has 6 nitrogen and oxygen atoms in total. The highest BCUT2D eigenvalue weighted by Gasteiger charge is 2.32. The maximum atomic E-state index is 11.4.